The van der Waals surface area contributed by atoms with E-state index in [1.54, 1.807) is 0 Å². The molecule has 1 aromatic rings. The summed E-state index contributed by atoms with van der Waals surface area (Å²) in [6.07, 6.45) is 0. The van der Waals surface area contributed by atoms with Crippen LogP contribution in [0.25, 0.3) is 0 Å². The Labute approximate surface area is 86.1 Å². The summed E-state index contributed by atoms with van der Waals surface area (Å²) in [7, 11) is 0. The smallest absolute Gasteiger partial charge is 0.142 e. The lowest BCUT2D eigenvalue weighted by Gasteiger charge is -2.07. The summed E-state index contributed by atoms with van der Waals surface area (Å²) in [6, 6.07) is 2.70. The van der Waals surface area contributed by atoms with E-state index in [2.05, 4.69) is 12.6 Å². The molecule has 12 heavy (non-hydrogen) atoms. The van der Waals surface area contributed by atoms with Crippen LogP contribution >= 0.6 is 35.8 Å². The van der Waals surface area contributed by atoms with E-state index in [1.165, 1.54) is 12.1 Å². The standard InChI is InChI=1S/C8H7Cl2FS/c1-4(12)5-2-8(11)7(10)3-6(5)9/h2-4,12H,1H3. The minimum absolute atomic E-state index is 0.0396. The highest BCUT2D eigenvalue weighted by Gasteiger charge is 2.09. The zero-order valence-electron chi connectivity index (χ0n) is 6.31. The molecule has 0 spiro atoms. The van der Waals surface area contributed by atoms with Gasteiger partial charge in [-0.25, -0.2) is 4.39 Å². The third-order valence-electron chi connectivity index (χ3n) is 1.49. The molecule has 0 radical (unpaired) electrons. The maximum atomic E-state index is 12.9. The van der Waals surface area contributed by atoms with E-state index in [0.29, 0.717) is 10.6 Å². The number of rotatable bonds is 1. The molecule has 1 unspecified atom stereocenters. The van der Waals surface area contributed by atoms with Gasteiger partial charge in [0.1, 0.15) is 5.82 Å². The maximum absolute atomic E-state index is 12.9. The molecule has 0 saturated carbocycles. The van der Waals surface area contributed by atoms with Gasteiger partial charge in [-0.1, -0.05) is 23.2 Å². The van der Waals surface area contributed by atoms with Gasteiger partial charge in [0.2, 0.25) is 0 Å². The summed E-state index contributed by atoms with van der Waals surface area (Å²) in [5.74, 6) is -0.461. The summed E-state index contributed by atoms with van der Waals surface area (Å²) in [6.45, 7) is 1.82. The minimum atomic E-state index is -0.461. The van der Waals surface area contributed by atoms with Crippen LogP contribution in [0.1, 0.15) is 17.7 Å². The average Bonchev–Trinajstić information content (AvgIpc) is 1.96. The second-order valence-electron chi connectivity index (χ2n) is 2.46. The Hall–Kier alpha value is 0.0800. The molecule has 4 heteroatoms. The lowest BCUT2D eigenvalue weighted by molar-refractivity contribution is 0.626. The maximum Gasteiger partial charge on any atom is 0.142 e. The molecule has 0 aliphatic carbocycles. The highest BCUT2D eigenvalue weighted by atomic mass is 35.5. The SMILES string of the molecule is CC(S)c1cc(F)c(Cl)cc1Cl. The van der Waals surface area contributed by atoms with Crippen LogP contribution in [0, 0.1) is 5.82 Å². The Kier molecular flexibility index (Phi) is 3.27. The van der Waals surface area contributed by atoms with Gasteiger partial charge < -0.3 is 0 Å². The summed E-state index contributed by atoms with van der Waals surface area (Å²) < 4.78 is 12.9. The quantitative estimate of drug-likeness (QED) is 0.539. The van der Waals surface area contributed by atoms with Crippen LogP contribution in [0.5, 0.6) is 0 Å². The van der Waals surface area contributed by atoms with Crippen molar-refractivity contribution >= 4 is 35.8 Å². The normalized spacial score (nSPS) is 13.1. The molecule has 0 aliphatic heterocycles. The molecule has 0 bridgehead atoms. The van der Waals surface area contributed by atoms with Crippen LogP contribution in [-0.2, 0) is 0 Å². The van der Waals surface area contributed by atoms with Crippen molar-refractivity contribution in [1.29, 1.82) is 0 Å². The number of benzene rings is 1. The molecule has 0 fully saturated rings. The monoisotopic (exact) mass is 224 g/mol. The molecule has 0 N–H and O–H groups in total. The van der Waals surface area contributed by atoms with Gasteiger partial charge in [0, 0.05) is 10.3 Å². The van der Waals surface area contributed by atoms with E-state index < -0.39 is 5.82 Å². The molecule has 66 valence electrons. The molecule has 0 nitrogen and oxygen atoms in total. The van der Waals surface area contributed by atoms with Crippen LogP contribution in [-0.4, -0.2) is 0 Å². The molecule has 1 rings (SSSR count). The molecule has 0 aliphatic rings. The Morgan fingerprint density at radius 2 is 1.92 bits per heavy atom. The Morgan fingerprint density at radius 1 is 1.33 bits per heavy atom. The predicted molar refractivity (Wildman–Crippen MR) is 53.8 cm³/mol. The van der Waals surface area contributed by atoms with E-state index in [-0.39, 0.29) is 10.3 Å². The fraction of sp³-hybridized carbons (Fsp3) is 0.250. The van der Waals surface area contributed by atoms with Gasteiger partial charge in [-0.15, -0.1) is 0 Å². The van der Waals surface area contributed by atoms with Crippen LogP contribution in [0.2, 0.25) is 10.0 Å². The van der Waals surface area contributed by atoms with Crippen molar-refractivity contribution in [3.8, 4) is 0 Å². The molecule has 0 saturated heterocycles. The van der Waals surface area contributed by atoms with Crippen molar-refractivity contribution in [3.05, 3.63) is 33.6 Å². The summed E-state index contributed by atoms with van der Waals surface area (Å²) in [4.78, 5) is 0. The van der Waals surface area contributed by atoms with Crippen LogP contribution in [0.4, 0.5) is 4.39 Å². The Bertz CT molecular complexity index is 299. The first-order chi connectivity index (χ1) is 5.52. The summed E-state index contributed by atoms with van der Waals surface area (Å²) in [5, 5.41) is 0.394. The van der Waals surface area contributed by atoms with Gasteiger partial charge in [0.05, 0.1) is 5.02 Å². The predicted octanol–water partition coefficient (Wildman–Crippen LogP) is 4.12. The highest BCUT2D eigenvalue weighted by molar-refractivity contribution is 7.80. The number of hydrogen-bond donors (Lipinski definition) is 1. The first-order valence-electron chi connectivity index (χ1n) is 3.35. The molecule has 0 aromatic heterocycles. The van der Waals surface area contributed by atoms with Crippen molar-refractivity contribution in [2.75, 3.05) is 0 Å². The van der Waals surface area contributed by atoms with Gasteiger partial charge in [-0.2, -0.15) is 12.6 Å². The van der Waals surface area contributed by atoms with E-state index in [1.807, 2.05) is 6.92 Å². The third-order valence-corrected chi connectivity index (χ3v) is 2.38. The molecule has 1 atom stereocenters. The van der Waals surface area contributed by atoms with E-state index in [9.17, 15) is 4.39 Å². The number of hydrogen-bond acceptors (Lipinski definition) is 1. The zero-order valence-corrected chi connectivity index (χ0v) is 8.72. The van der Waals surface area contributed by atoms with Gasteiger partial charge in [-0.3, -0.25) is 0 Å². The average molecular weight is 225 g/mol. The van der Waals surface area contributed by atoms with Crippen LogP contribution in [0.15, 0.2) is 12.1 Å². The fourth-order valence-corrected chi connectivity index (χ4v) is 1.69. The van der Waals surface area contributed by atoms with Gasteiger partial charge in [0.15, 0.2) is 0 Å². The lowest BCUT2D eigenvalue weighted by atomic mass is 10.1. The zero-order chi connectivity index (χ0) is 9.30. The van der Waals surface area contributed by atoms with Crippen molar-refractivity contribution in [1.82, 2.24) is 0 Å². The fourth-order valence-electron chi connectivity index (χ4n) is 0.858. The number of halogens is 3. The largest absolute Gasteiger partial charge is 0.205 e. The van der Waals surface area contributed by atoms with E-state index >= 15 is 0 Å². The molecular formula is C8H7Cl2FS. The van der Waals surface area contributed by atoms with E-state index in [4.69, 9.17) is 23.2 Å². The van der Waals surface area contributed by atoms with Gasteiger partial charge >= 0.3 is 0 Å². The lowest BCUT2D eigenvalue weighted by Crippen LogP contribution is -1.89. The van der Waals surface area contributed by atoms with Gasteiger partial charge in [-0.05, 0) is 24.6 Å². The Morgan fingerprint density at radius 3 is 2.42 bits per heavy atom. The minimum Gasteiger partial charge on any atom is -0.205 e. The molecular weight excluding hydrogens is 218 g/mol. The Balaban J connectivity index is 3.23. The first-order valence-corrected chi connectivity index (χ1v) is 4.62. The van der Waals surface area contributed by atoms with Crippen LogP contribution < -0.4 is 0 Å². The summed E-state index contributed by atoms with van der Waals surface area (Å²) >= 11 is 15.4. The van der Waals surface area contributed by atoms with Gasteiger partial charge in [0.25, 0.3) is 0 Å². The molecule has 0 heterocycles. The summed E-state index contributed by atoms with van der Waals surface area (Å²) in [5.41, 5.74) is 0.655. The second-order valence-corrected chi connectivity index (χ2v) is 4.05. The van der Waals surface area contributed by atoms with Crippen LogP contribution in [0.3, 0.4) is 0 Å². The van der Waals surface area contributed by atoms with Crippen molar-refractivity contribution in [2.45, 2.75) is 12.2 Å². The third kappa shape index (κ3) is 2.06. The van der Waals surface area contributed by atoms with Crippen molar-refractivity contribution in [3.63, 3.8) is 0 Å². The van der Waals surface area contributed by atoms with E-state index in [0.717, 1.165) is 0 Å². The molecule has 1 aromatic carbocycles. The van der Waals surface area contributed by atoms with Crippen molar-refractivity contribution < 1.29 is 4.39 Å². The number of thiol groups is 1. The first kappa shape index (κ1) is 10.2. The highest BCUT2D eigenvalue weighted by Crippen LogP contribution is 2.30. The van der Waals surface area contributed by atoms with Crippen molar-refractivity contribution in [2.24, 2.45) is 0 Å². The molecule has 0 amide bonds. The second kappa shape index (κ2) is 3.86. The topological polar surface area (TPSA) is 0 Å².